The second-order valence-corrected chi connectivity index (χ2v) is 6.00. The molecule has 5 heteroatoms. The zero-order chi connectivity index (χ0) is 13.0. The summed E-state index contributed by atoms with van der Waals surface area (Å²) in [5.74, 6) is 0.975. The van der Waals surface area contributed by atoms with Crippen LogP contribution in [0.1, 0.15) is 36.4 Å². The molecule has 2 rings (SSSR count). The Morgan fingerprint density at radius 3 is 2.78 bits per heavy atom. The van der Waals surface area contributed by atoms with E-state index in [0.29, 0.717) is 12.5 Å². The van der Waals surface area contributed by atoms with Crippen molar-refractivity contribution in [2.24, 2.45) is 17.6 Å². The Morgan fingerprint density at radius 2 is 2.22 bits per heavy atom. The van der Waals surface area contributed by atoms with Crippen LogP contribution in [0, 0.1) is 18.8 Å². The van der Waals surface area contributed by atoms with Gasteiger partial charge >= 0.3 is 0 Å². The highest BCUT2D eigenvalue weighted by molar-refractivity contribution is 7.09. The fraction of sp³-hybridized carbons (Fsp3) is 0.692. The minimum atomic E-state index is 0.175. The first-order chi connectivity index (χ1) is 8.69. The number of nitrogens with two attached hydrogens (primary N) is 1. The first kappa shape index (κ1) is 13.5. The van der Waals surface area contributed by atoms with E-state index in [0.717, 1.165) is 42.9 Å². The van der Waals surface area contributed by atoms with Gasteiger partial charge in [-0.05, 0) is 45.1 Å². The summed E-state index contributed by atoms with van der Waals surface area (Å²) < 4.78 is 0. The summed E-state index contributed by atoms with van der Waals surface area (Å²) in [6, 6.07) is 0. The van der Waals surface area contributed by atoms with Gasteiger partial charge in [0.2, 0.25) is 5.91 Å². The zero-order valence-electron chi connectivity index (χ0n) is 10.8. The van der Waals surface area contributed by atoms with E-state index in [4.69, 9.17) is 5.73 Å². The maximum absolute atomic E-state index is 12.0. The summed E-state index contributed by atoms with van der Waals surface area (Å²) in [4.78, 5) is 16.3. The third kappa shape index (κ3) is 3.53. The van der Waals surface area contributed by atoms with Gasteiger partial charge in [-0.1, -0.05) is 0 Å². The molecule has 1 fully saturated rings. The van der Waals surface area contributed by atoms with Crippen LogP contribution < -0.4 is 11.1 Å². The Kier molecular flexibility index (Phi) is 4.72. The van der Waals surface area contributed by atoms with Crippen LogP contribution in [0.25, 0.3) is 0 Å². The molecule has 3 N–H and O–H groups in total. The summed E-state index contributed by atoms with van der Waals surface area (Å²) in [7, 11) is 0. The number of hydrogen-bond donors (Lipinski definition) is 2. The van der Waals surface area contributed by atoms with E-state index in [1.54, 1.807) is 11.3 Å². The monoisotopic (exact) mass is 267 g/mol. The van der Waals surface area contributed by atoms with Gasteiger partial charge in [-0.15, -0.1) is 11.3 Å². The van der Waals surface area contributed by atoms with E-state index in [-0.39, 0.29) is 11.8 Å². The highest BCUT2D eigenvalue weighted by Gasteiger charge is 2.25. The number of thiazole rings is 1. The maximum Gasteiger partial charge on any atom is 0.223 e. The fourth-order valence-electron chi connectivity index (χ4n) is 2.45. The first-order valence-electron chi connectivity index (χ1n) is 6.58. The topological polar surface area (TPSA) is 68.0 Å². The Morgan fingerprint density at radius 1 is 1.50 bits per heavy atom. The molecule has 4 nitrogen and oxygen atoms in total. The third-order valence-electron chi connectivity index (χ3n) is 3.63. The van der Waals surface area contributed by atoms with Crippen molar-refractivity contribution in [3.8, 4) is 0 Å². The first-order valence-corrected chi connectivity index (χ1v) is 7.45. The molecule has 0 atom stereocenters. The molecule has 1 saturated carbocycles. The highest BCUT2D eigenvalue weighted by atomic mass is 32.1. The average Bonchev–Trinajstić information content (AvgIpc) is 2.82. The number of hydrogen-bond acceptors (Lipinski definition) is 4. The van der Waals surface area contributed by atoms with Crippen molar-refractivity contribution in [2.75, 3.05) is 6.54 Å². The molecule has 1 aromatic rings. The molecular formula is C13H21N3OS. The van der Waals surface area contributed by atoms with Crippen molar-refractivity contribution in [3.63, 3.8) is 0 Å². The van der Waals surface area contributed by atoms with E-state index >= 15 is 0 Å². The molecule has 0 bridgehead atoms. The fourth-order valence-corrected chi connectivity index (χ4v) is 3.16. The summed E-state index contributed by atoms with van der Waals surface area (Å²) in [6.07, 6.45) is 4.13. The standard InChI is InChI=1S/C13H21N3OS/c1-9-8-18-12(16-9)7-15-13(17)11-4-2-10(6-14)3-5-11/h8,10-11H,2-7,14H2,1H3,(H,15,17). The van der Waals surface area contributed by atoms with Crippen molar-refractivity contribution in [1.29, 1.82) is 0 Å². The van der Waals surface area contributed by atoms with Gasteiger partial charge < -0.3 is 11.1 Å². The molecular weight excluding hydrogens is 246 g/mol. The van der Waals surface area contributed by atoms with Crippen molar-refractivity contribution < 1.29 is 4.79 Å². The highest BCUT2D eigenvalue weighted by Crippen LogP contribution is 2.28. The predicted molar refractivity (Wildman–Crippen MR) is 73.2 cm³/mol. The van der Waals surface area contributed by atoms with Crippen LogP contribution in [-0.4, -0.2) is 17.4 Å². The Balaban J connectivity index is 1.75. The van der Waals surface area contributed by atoms with Crippen LogP contribution in [0.15, 0.2) is 5.38 Å². The number of carbonyl (C=O) groups excluding carboxylic acids is 1. The SMILES string of the molecule is Cc1csc(CNC(=O)C2CCC(CN)CC2)n1. The van der Waals surface area contributed by atoms with Crippen LogP contribution in [0.3, 0.4) is 0 Å². The van der Waals surface area contributed by atoms with Crippen molar-refractivity contribution in [2.45, 2.75) is 39.2 Å². The number of aryl methyl sites for hydroxylation is 1. The number of carbonyl (C=O) groups is 1. The van der Waals surface area contributed by atoms with Gasteiger partial charge in [0, 0.05) is 17.0 Å². The molecule has 0 aromatic carbocycles. The lowest BCUT2D eigenvalue weighted by Gasteiger charge is -2.26. The second-order valence-electron chi connectivity index (χ2n) is 5.05. The minimum absolute atomic E-state index is 0.175. The summed E-state index contributed by atoms with van der Waals surface area (Å²) >= 11 is 1.60. The van der Waals surface area contributed by atoms with E-state index in [2.05, 4.69) is 10.3 Å². The van der Waals surface area contributed by atoms with Crippen molar-refractivity contribution in [3.05, 3.63) is 16.1 Å². The number of nitrogens with one attached hydrogen (secondary N) is 1. The Hall–Kier alpha value is -0.940. The van der Waals surface area contributed by atoms with E-state index in [1.165, 1.54) is 0 Å². The minimum Gasteiger partial charge on any atom is -0.349 e. The van der Waals surface area contributed by atoms with Gasteiger partial charge in [-0.25, -0.2) is 4.98 Å². The maximum atomic E-state index is 12.0. The van der Waals surface area contributed by atoms with E-state index in [1.807, 2.05) is 12.3 Å². The molecule has 0 unspecified atom stereocenters. The predicted octanol–water partition coefficient (Wildman–Crippen LogP) is 1.83. The molecule has 0 spiro atoms. The van der Waals surface area contributed by atoms with Crippen LogP contribution in [0.5, 0.6) is 0 Å². The molecule has 1 heterocycles. The summed E-state index contributed by atoms with van der Waals surface area (Å²) in [5, 5.41) is 5.98. The molecule has 0 radical (unpaired) electrons. The van der Waals surface area contributed by atoms with Gasteiger partial charge in [-0.2, -0.15) is 0 Å². The van der Waals surface area contributed by atoms with Gasteiger partial charge in [0.1, 0.15) is 5.01 Å². The number of nitrogens with zero attached hydrogens (tertiary/aromatic N) is 1. The van der Waals surface area contributed by atoms with E-state index in [9.17, 15) is 4.79 Å². The van der Waals surface area contributed by atoms with Gasteiger partial charge in [-0.3, -0.25) is 4.79 Å². The largest absolute Gasteiger partial charge is 0.349 e. The van der Waals surface area contributed by atoms with Gasteiger partial charge in [0.15, 0.2) is 0 Å². The van der Waals surface area contributed by atoms with Crippen LogP contribution >= 0.6 is 11.3 Å². The molecule has 0 aliphatic heterocycles. The van der Waals surface area contributed by atoms with Crippen LogP contribution in [-0.2, 0) is 11.3 Å². The van der Waals surface area contributed by atoms with Crippen LogP contribution in [0.4, 0.5) is 0 Å². The number of aromatic nitrogens is 1. The number of amides is 1. The van der Waals surface area contributed by atoms with Crippen molar-refractivity contribution >= 4 is 17.2 Å². The van der Waals surface area contributed by atoms with Gasteiger partial charge in [0.25, 0.3) is 0 Å². The van der Waals surface area contributed by atoms with E-state index < -0.39 is 0 Å². The number of rotatable bonds is 4. The molecule has 1 aromatic heterocycles. The lowest BCUT2D eigenvalue weighted by atomic mass is 9.81. The quantitative estimate of drug-likeness (QED) is 0.874. The molecule has 18 heavy (non-hydrogen) atoms. The lowest BCUT2D eigenvalue weighted by molar-refractivity contribution is -0.126. The molecule has 0 saturated heterocycles. The lowest BCUT2D eigenvalue weighted by Crippen LogP contribution is -2.33. The smallest absolute Gasteiger partial charge is 0.223 e. The second kappa shape index (κ2) is 6.29. The summed E-state index contributed by atoms with van der Waals surface area (Å²) in [6.45, 7) is 3.29. The third-order valence-corrected chi connectivity index (χ3v) is 4.60. The molecule has 100 valence electrons. The molecule has 1 amide bonds. The van der Waals surface area contributed by atoms with Crippen LogP contribution in [0.2, 0.25) is 0 Å². The van der Waals surface area contributed by atoms with Gasteiger partial charge in [0.05, 0.1) is 6.54 Å². The Labute approximate surface area is 112 Å². The molecule has 1 aliphatic rings. The normalized spacial score (nSPS) is 23.9. The molecule has 1 aliphatic carbocycles. The zero-order valence-corrected chi connectivity index (χ0v) is 11.6. The summed E-state index contributed by atoms with van der Waals surface area (Å²) in [5.41, 5.74) is 6.68. The van der Waals surface area contributed by atoms with Crippen molar-refractivity contribution in [1.82, 2.24) is 10.3 Å². The average molecular weight is 267 g/mol. The Bertz CT molecular complexity index is 397.